The van der Waals surface area contributed by atoms with Crippen molar-refractivity contribution in [3.05, 3.63) is 33.9 Å². The Hall–Kier alpha value is -2.54. The van der Waals surface area contributed by atoms with Crippen molar-refractivity contribution in [1.29, 1.82) is 0 Å². The van der Waals surface area contributed by atoms with Crippen LogP contribution in [0.5, 0.6) is 5.75 Å². The molecule has 1 aromatic carbocycles. The fourth-order valence-electron chi connectivity index (χ4n) is 1.97. The van der Waals surface area contributed by atoms with E-state index in [1.807, 2.05) is 0 Å². The van der Waals surface area contributed by atoms with Gasteiger partial charge in [-0.1, -0.05) is 0 Å². The largest absolute Gasteiger partial charge is 0.461 e. The highest BCUT2D eigenvalue weighted by Gasteiger charge is 2.18. The minimum atomic E-state index is -3.24. The van der Waals surface area contributed by atoms with E-state index in [2.05, 4.69) is 4.84 Å². The smallest absolute Gasteiger partial charge is 0.341 e. The minimum Gasteiger partial charge on any atom is -0.461 e. The molecule has 0 aliphatic carbocycles. The molecule has 0 aliphatic heterocycles. The lowest BCUT2D eigenvalue weighted by Gasteiger charge is -2.16. The van der Waals surface area contributed by atoms with Crippen LogP contribution in [0.15, 0.2) is 18.2 Å². The van der Waals surface area contributed by atoms with E-state index in [0.29, 0.717) is 16.5 Å². The van der Waals surface area contributed by atoms with Gasteiger partial charge in [-0.3, -0.25) is 4.79 Å². The first kappa shape index (κ1) is 24.5. The SMILES string of the molecule is CN(C)c1ccc(C(=O)OCCSS(C)(=O)=O)c(OC(=O)CCCO[N+](=O)[O-])c1. The number of carbonyl (C=O) groups is 2. The zero-order chi connectivity index (χ0) is 22.0. The summed E-state index contributed by atoms with van der Waals surface area (Å²) < 4.78 is 32.4. The van der Waals surface area contributed by atoms with Gasteiger partial charge in [0.05, 0.1) is 6.61 Å². The predicted molar refractivity (Wildman–Crippen MR) is 106 cm³/mol. The highest BCUT2D eigenvalue weighted by Crippen LogP contribution is 2.26. The topological polar surface area (TPSA) is 142 Å². The van der Waals surface area contributed by atoms with Gasteiger partial charge in [0.1, 0.15) is 17.9 Å². The molecule has 11 nitrogen and oxygen atoms in total. The number of rotatable bonds is 12. The maximum atomic E-state index is 12.3. The Morgan fingerprint density at radius 2 is 1.93 bits per heavy atom. The Bertz CT molecular complexity index is 841. The summed E-state index contributed by atoms with van der Waals surface area (Å²) in [6.07, 6.45) is 0.961. The van der Waals surface area contributed by atoms with Gasteiger partial charge in [0.2, 0.25) is 0 Å². The van der Waals surface area contributed by atoms with Gasteiger partial charge in [-0.05, 0) is 29.3 Å². The van der Waals surface area contributed by atoms with Crippen LogP contribution in [0.2, 0.25) is 0 Å². The first-order chi connectivity index (χ1) is 13.5. The van der Waals surface area contributed by atoms with Crippen LogP contribution in [0.1, 0.15) is 23.2 Å². The number of carbonyl (C=O) groups excluding carboxylic acids is 2. The Morgan fingerprint density at radius 3 is 2.52 bits per heavy atom. The van der Waals surface area contributed by atoms with Crippen LogP contribution in [-0.4, -0.2) is 64.8 Å². The van der Waals surface area contributed by atoms with Crippen LogP contribution in [0.4, 0.5) is 5.69 Å². The van der Waals surface area contributed by atoms with Gasteiger partial charge in [0, 0.05) is 44.3 Å². The third-order valence-electron chi connectivity index (χ3n) is 3.26. The predicted octanol–water partition coefficient (Wildman–Crippen LogP) is 1.50. The molecular formula is C16H22N2O9S2. The molecule has 0 spiro atoms. The molecule has 0 amide bonds. The zero-order valence-electron chi connectivity index (χ0n) is 16.2. The summed E-state index contributed by atoms with van der Waals surface area (Å²) in [6.45, 7) is -0.398. The maximum absolute atomic E-state index is 12.3. The molecule has 0 aliphatic rings. The van der Waals surface area contributed by atoms with Gasteiger partial charge in [0.15, 0.2) is 8.87 Å². The summed E-state index contributed by atoms with van der Waals surface area (Å²) >= 11 is 0. The molecule has 0 radical (unpaired) electrons. The van der Waals surface area contributed by atoms with Gasteiger partial charge in [-0.15, -0.1) is 10.1 Å². The molecule has 1 aromatic rings. The van der Waals surface area contributed by atoms with Crippen molar-refractivity contribution >= 4 is 37.3 Å². The fraction of sp³-hybridized carbons (Fsp3) is 0.500. The van der Waals surface area contributed by atoms with E-state index in [4.69, 9.17) is 9.47 Å². The van der Waals surface area contributed by atoms with E-state index in [9.17, 15) is 28.1 Å². The Balaban J connectivity index is 2.79. The van der Waals surface area contributed by atoms with Crippen LogP contribution >= 0.6 is 10.8 Å². The first-order valence-electron chi connectivity index (χ1n) is 8.30. The molecule has 0 saturated carbocycles. The summed E-state index contributed by atoms with van der Waals surface area (Å²) in [6, 6.07) is 4.54. The molecule has 0 aromatic heterocycles. The lowest BCUT2D eigenvalue weighted by atomic mass is 10.1. The second-order valence-corrected chi connectivity index (χ2v) is 10.4. The Kier molecular flexibility index (Phi) is 9.68. The second kappa shape index (κ2) is 11.5. The molecule has 0 N–H and O–H groups in total. The molecule has 0 saturated heterocycles. The number of nitrogens with zero attached hydrogens (tertiary/aromatic N) is 2. The number of esters is 2. The summed E-state index contributed by atoms with van der Waals surface area (Å²) in [5, 5.41) is 9.14. The number of ether oxygens (including phenoxy) is 2. The van der Waals surface area contributed by atoms with Crippen molar-refractivity contribution in [2.75, 3.05) is 44.2 Å². The lowest BCUT2D eigenvalue weighted by molar-refractivity contribution is -0.757. The van der Waals surface area contributed by atoms with Gasteiger partial charge in [0.25, 0.3) is 5.09 Å². The highest BCUT2D eigenvalue weighted by atomic mass is 33.1. The molecule has 0 unspecified atom stereocenters. The summed E-state index contributed by atoms with van der Waals surface area (Å²) in [4.78, 5) is 40.3. The molecule has 0 heterocycles. The highest BCUT2D eigenvalue weighted by molar-refractivity contribution is 8.71. The molecule has 1 rings (SSSR count). The van der Waals surface area contributed by atoms with E-state index in [0.717, 1.165) is 6.26 Å². The van der Waals surface area contributed by atoms with Gasteiger partial charge >= 0.3 is 11.9 Å². The monoisotopic (exact) mass is 450 g/mol. The van der Waals surface area contributed by atoms with Crippen molar-refractivity contribution in [3.63, 3.8) is 0 Å². The van der Waals surface area contributed by atoms with Crippen LogP contribution in [0, 0.1) is 10.1 Å². The van der Waals surface area contributed by atoms with E-state index in [1.165, 1.54) is 12.1 Å². The zero-order valence-corrected chi connectivity index (χ0v) is 17.8. The van der Waals surface area contributed by atoms with Crippen molar-refractivity contribution in [1.82, 2.24) is 0 Å². The van der Waals surface area contributed by atoms with Crippen molar-refractivity contribution in [2.45, 2.75) is 12.8 Å². The number of benzene rings is 1. The second-order valence-electron chi connectivity index (χ2n) is 5.87. The van der Waals surface area contributed by atoms with Crippen LogP contribution in [-0.2, 0) is 23.2 Å². The van der Waals surface area contributed by atoms with Gasteiger partial charge in [-0.25, -0.2) is 13.2 Å². The maximum Gasteiger partial charge on any atom is 0.341 e. The Morgan fingerprint density at radius 1 is 1.24 bits per heavy atom. The standard InChI is InChI=1S/C16H22N2O9S2/c1-17(2)12-6-7-13(16(20)25-9-10-28-29(3,23)24)14(11-12)27-15(19)5-4-8-26-18(21)22/h6-7,11H,4-5,8-10H2,1-3H3. The summed E-state index contributed by atoms with van der Waals surface area (Å²) in [7, 11) is 0.924. The first-order valence-corrected chi connectivity index (χ1v) is 11.7. The van der Waals surface area contributed by atoms with E-state index < -0.39 is 25.9 Å². The van der Waals surface area contributed by atoms with E-state index >= 15 is 0 Å². The van der Waals surface area contributed by atoms with E-state index in [-0.39, 0.29) is 43.1 Å². The molecular weight excluding hydrogens is 428 g/mol. The number of anilines is 1. The quantitative estimate of drug-likeness (QED) is 0.114. The lowest BCUT2D eigenvalue weighted by Crippen LogP contribution is -2.16. The van der Waals surface area contributed by atoms with Gasteiger partial charge in [-0.2, -0.15) is 0 Å². The third-order valence-corrected chi connectivity index (χ3v) is 5.81. The normalized spacial score (nSPS) is 10.9. The number of hydrogen-bond donors (Lipinski definition) is 0. The number of hydrogen-bond acceptors (Lipinski definition) is 11. The van der Waals surface area contributed by atoms with Crippen LogP contribution in [0.25, 0.3) is 0 Å². The van der Waals surface area contributed by atoms with Crippen LogP contribution in [0.3, 0.4) is 0 Å². The molecule has 0 fully saturated rings. The molecule has 162 valence electrons. The minimum absolute atomic E-state index is 0.00477. The van der Waals surface area contributed by atoms with E-state index in [1.54, 1.807) is 25.1 Å². The fourth-order valence-corrected chi connectivity index (χ4v) is 3.54. The van der Waals surface area contributed by atoms with Crippen molar-refractivity contribution < 1.29 is 37.4 Å². The van der Waals surface area contributed by atoms with Crippen molar-refractivity contribution in [2.24, 2.45) is 0 Å². The Labute approximate surface area is 171 Å². The average molecular weight is 450 g/mol. The molecule has 0 bridgehead atoms. The van der Waals surface area contributed by atoms with Gasteiger partial charge < -0.3 is 19.2 Å². The molecule has 13 heteroatoms. The van der Waals surface area contributed by atoms with Crippen molar-refractivity contribution in [3.8, 4) is 5.75 Å². The third kappa shape index (κ3) is 9.99. The summed E-state index contributed by atoms with van der Waals surface area (Å²) in [5.41, 5.74) is 0.656. The average Bonchev–Trinajstić information content (AvgIpc) is 2.61. The summed E-state index contributed by atoms with van der Waals surface area (Å²) in [5.74, 6) is -1.44. The van der Waals surface area contributed by atoms with Crippen LogP contribution < -0.4 is 9.64 Å². The molecule has 0 atom stereocenters. The molecule has 29 heavy (non-hydrogen) atoms.